The van der Waals surface area contributed by atoms with Crippen LogP contribution in [0.25, 0.3) is 5.57 Å². The summed E-state index contributed by atoms with van der Waals surface area (Å²) in [5.41, 5.74) is 4.54. The summed E-state index contributed by atoms with van der Waals surface area (Å²) in [5, 5.41) is 9.49. The van der Waals surface area contributed by atoms with Crippen molar-refractivity contribution in [3.63, 3.8) is 0 Å². The Hall–Kier alpha value is -1.96. The first-order valence-corrected chi connectivity index (χ1v) is 23.6. The van der Waals surface area contributed by atoms with Crippen molar-refractivity contribution >= 4 is 21.4 Å². The lowest BCUT2D eigenvalue weighted by Gasteiger charge is -2.72. The molecule has 6 aliphatic carbocycles. The number of allylic oxidation sites excluding steroid dienone is 3. The normalized spacial score (nSPS) is 39.5. The van der Waals surface area contributed by atoms with Crippen molar-refractivity contribution in [3.8, 4) is 0 Å². The Morgan fingerprint density at radius 3 is 2.22 bits per heavy atom. The third-order valence-corrected chi connectivity index (χ3v) is 19.1. The molecule has 300 valence electrons. The number of sulfone groups is 1. The summed E-state index contributed by atoms with van der Waals surface area (Å²) in [7, 11) is -2.82. The summed E-state index contributed by atoms with van der Waals surface area (Å²) >= 11 is 0. The fourth-order valence-electron chi connectivity index (χ4n) is 14.6. The van der Waals surface area contributed by atoms with E-state index in [4.69, 9.17) is 0 Å². The highest BCUT2D eigenvalue weighted by Crippen LogP contribution is 2.77. The van der Waals surface area contributed by atoms with Gasteiger partial charge >= 0.3 is 5.97 Å². The monoisotopic (exact) mass is 761 g/mol. The van der Waals surface area contributed by atoms with Gasteiger partial charge in [0.1, 0.15) is 0 Å². The van der Waals surface area contributed by atoms with Gasteiger partial charge in [-0.2, -0.15) is 0 Å². The molecule has 7 aliphatic rings. The molecule has 7 unspecified atom stereocenters. The highest BCUT2D eigenvalue weighted by Gasteiger charge is 2.69. The Balaban J connectivity index is 0.00000145. The fraction of sp³-hybridized carbons (Fsp3) is 0.766. The van der Waals surface area contributed by atoms with Crippen LogP contribution < -0.4 is 0 Å². The van der Waals surface area contributed by atoms with Crippen molar-refractivity contribution < 1.29 is 18.3 Å². The minimum absolute atomic E-state index is 0.0436. The molecular formula is C47H72N2O4S. The van der Waals surface area contributed by atoms with Gasteiger partial charge in [0.15, 0.2) is 9.84 Å². The first kappa shape index (κ1) is 40.2. The highest BCUT2D eigenvalue weighted by atomic mass is 32.2. The summed E-state index contributed by atoms with van der Waals surface area (Å²) in [6.07, 6.45) is 21.8. The maximum atomic E-state index is 12.0. The zero-order valence-corrected chi connectivity index (χ0v) is 35.5. The van der Waals surface area contributed by atoms with E-state index in [1.54, 1.807) is 18.2 Å². The summed E-state index contributed by atoms with van der Waals surface area (Å²) in [4.78, 5) is 16.9. The fourth-order valence-corrected chi connectivity index (χ4v) is 15.9. The van der Waals surface area contributed by atoms with E-state index >= 15 is 0 Å². The van der Waals surface area contributed by atoms with Crippen LogP contribution in [0.3, 0.4) is 0 Å². The Kier molecular flexibility index (Phi) is 11.0. The third-order valence-electron chi connectivity index (χ3n) is 17.5. The molecule has 0 spiro atoms. The van der Waals surface area contributed by atoms with Gasteiger partial charge in [0.2, 0.25) is 0 Å². The lowest BCUT2D eigenvalue weighted by Crippen LogP contribution is -2.65. The number of benzene rings is 1. The van der Waals surface area contributed by atoms with Crippen molar-refractivity contribution in [3.05, 3.63) is 54.1 Å². The molecule has 1 aliphatic heterocycles. The van der Waals surface area contributed by atoms with Crippen LogP contribution in [0.4, 0.5) is 0 Å². The van der Waals surface area contributed by atoms with Crippen molar-refractivity contribution in [1.29, 1.82) is 0 Å². The molecule has 0 bridgehead atoms. The standard InChI is InChI=1S/C44H66N2O4S.C3H6/c1-40(2)34(31-9-11-32(12-10-31)39(47)48)17-20-41(3)37(40)18-21-43(5)38(41)16-15-35-36-8-6-19-44(36,23-22-42(35,43)4)30-46(33-13-14-33)25-7-24-45-26-28-51(49,50)29-27-45;1-3-2/h9-12,17,33,35-38H,6-8,13-16,18-30H2,1-5H3,(H,47,48);3H,1H2,2H3/t35?,36?,37?,38?,41?,42-,43?,44?;/m1./s1. The van der Waals surface area contributed by atoms with Gasteiger partial charge in [0, 0.05) is 25.7 Å². The number of nitrogens with zero attached hydrogens (tertiary/aromatic N) is 2. The van der Waals surface area contributed by atoms with Crippen LogP contribution in [0.2, 0.25) is 0 Å². The maximum absolute atomic E-state index is 12.0. The summed E-state index contributed by atoms with van der Waals surface area (Å²) in [5.74, 6) is 2.87. The van der Waals surface area contributed by atoms with Gasteiger partial charge in [-0.05, 0) is 171 Å². The molecule has 1 heterocycles. The van der Waals surface area contributed by atoms with Crippen LogP contribution in [0, 0.1) is 50.7 Å². The number of carboxylic acids is 1. The number of fused-ring (bicyclic) bond motifs is 7. The highest BCUT2D eigenvalue weighted by molar-refractivity contribution is 7.91. The molecule has 1 saturated heterocycles. The molecule has 8 rings (SSSR count). The largest absolute Gasteiger partial charge is 0.478 e. The Labute approximate surface area is 328 Å². The minimum Gasteiger partial charge on any atom is -0.478 e. The van der Waals surface area contributed by atoms with Gasteiger partial charge in [-0.25, -0.2) is 13.2 Å². The average molecular weight is 761 g/mol. The van der Waals surface area contributed by atoms with E-state index in [-0.39, 0.29) is 10.8 Å². The molecule has 7 heteroatoms. The second kappa shape index (κ2) is 14.8. The maximum Gasteiger partial charge on any atom is 0.335 e. The summed E-state index contributed by atoms with van der Waals surface area (Å²) < 4.78 is 23.9. The lowest BCUT2D eigenvalue weighted by molar-refractivity contribution is -0.224. The van der Waals surface area contributed by atoms with Crippen LogP contribution in [-0.4, -0.2) is 79.6 Å². The molecule has 6 fully saturated rings. The molecule has 1 N–H and O–H groups in total. The molecule has 54 heavy (non-hydrogen) atoms. The molecule has 1 aromatic carbocycles. The number of hydrogen-bond donors (Lipinski definition) is 1. The van der Waals surface area contributed by atoms with Crippen LogP contribution in [-0.2, 0) is 9.84 Å². The third kappa shape index (κ3) is 6.90. The van der Waals surface area contributed by atoms with E-state index in [2.05, 4.69) is 57.1 Å². The molecule has 0 amide bonds. The molecule has 5 saturated carbocycles. The van der Waals surface area contributed by atoms with E-state index in [9.17, 15) is 18.3 Å². The Bertz CT molecular complexity index is 1680. The predicted molar refractivity (Wildman–Crippen MR) is 222 cm³/mol. The van der Waals surface area contributed by atoms with E-state index in [0.717, 1.165) is 56.3 Å². The minimum atomic E-state index is -2.82. The quantitative estimate of drug-likeness (QED) is 0.253. The molecule has 0 aromatic heterocycles. The number of carbonyl (C=O) groups is 1. The molecule has 8 atom stereocenters. The number of rotatable bonds is 9. The lowest BCUT2D eigenvalue weighted by atomic mass is 9.32. The van der Waals surface area contributed by atoms with Gasteiger partial charge in [0.05, 0.1) is 17.1 Å². The predicted octanol–water partition coefficient (Wildman–Crippen LogP) is 10.0. The van der Waals surface area contributed by atoms with Crippen molar-refractivity contribution in [2.24, 2.45) is 50.7 Å². The second-order valence-corrected chi connectivity index (χ2v) is 22.7. The first-order valence-electron chi connectivity index (χ1n) is 21.8. The van der Waals surface area contributed by atoms with Crippen molar-refractivity contribution in [2.75, 3.05) is 44.2 Å². The SMILES string of the molecule is C=CC.CC1(C)C(c2ccc(C(=O)O)cc2)=CCC2(C)C1CCC1(C)C2CCC2C3CCCC3(CN(CCCN3CCS(=O)(=O)CC3)C3CC3)CC[C@]21C. The van der Waals surface area contributed by atoms with Crippen LogP contribution >= 0.6 is 0 Å². The van der Waals surface area contributed by atoms with Gasteiger partial charge < -0.3 is 10.0 Å². The Morgan fingerprint density at radius 2 is 1.57 bits per heavy atom. The molecular weight excluding hydrogens is 689 g/mol. The van der Waals surface area contributed by atoms with E-state index < -0.39 is 15.8 Å². The van der Waals surface area contributed by atoms with Crippen LogP contribution in [0.5, 0.6) is 0 Å². The topological polar surface area (TPSA) is 77.9 Å². The van der Waals surface area contributed by atoms with E-state index in [1.165, 1.54) is 94.9 Å². The van der Waals surface area contributed by atoms with E-state index in [0.29, 0.717) is 39.2 Å². The molecule has 6 nitrogen and oxygen atoms in total. The zero-order chi connectivity index (χ0) is 38.7. The van der Waals surface area contributed by atoms with Crippen LogP contribution in [0.1, 0.15) is 141 Å². The summed E-state index contributed by atoms with van der Waals surface area (Å²) in [6.45, 7) is 23.4. The van der Waals surface area contributed by atoms with Crippen molar-refractivity contribution in [1.82, 2.24) is 9.80 Å². The average Bonchev–Trinajstić information content (AvgIpc) is 3.88. The van der Waals surface area contributed by atoms with Gasteiger partial charge in [-0.3, -0.25) is 4.90 Å². The second-order valence-electron chi connectivity index (χ2n) is 20.4. The van der Waals surface area contributed by atoms with Crippen molar-refractivity contribution in [2.45, 2.75) is 131 Å². The zero-order valence-electron chi connectivity index (χ0n) is 34.7. The van der Waals surface area contributed by atoms with Gasteiger partial charge in [0.25, 0.3) is 0 Å². The molecule has 0 radical (unpaired) electrons. The van der Waals surface area contributed by atoms with Gasteiger partial charge in [-0.15, -0.1) is 6.58 Å². The smallest absolute Gasteiger partial charge is 0.335 e. The summed E-state index contributed by atoms with van der Waals surface area (Å²) in [6, 6.07) is 8.43. The number of carboxylic acid groups (broad SMARTS) is 1. The number of aromatic carboxylic acids is 1. The first-order chi connectivity index (χ1) is 25.5. The molecule has 1 aromatic rings. The van der Waals surface area contributed by atoms with Gasteiger partial charge in [-0.1, -0.05) is 65.3 Å². The Morgan fingerprint density at radius 1 is 0.889 bits per heavy atom. The number of hydrogen-bond acceptors (Lipinski definition) is 5. The van der Waals surface area contributed by atoms with Crippen LogP contribution in [0.15, 0.2) is 43.0 Å². The van der Waals surface area contributed by atoms with E-state index in [1.807, 2.05) is 19.1 Å².